The number of hydrogen-bond acceptors (Lipinski definition) is 7. The number of aliphatic hydroxyl groups is 1. The summed E-state index contributed by atoms with van der Waals surface area (Å²) in [6.45, 7) is 7.30. The first-order chi connectivity index (χ1) is 16.5. The summed E-state index contributed by atoms with van der Waals surface area (Å²) in [5, 5.41) is 11.6. The fourth-order valence-electron chi connectivity index (χ4n) is 8.17. The first-order valence-electron chi connectivity index (χ1n) is 13.3. The summed E-state index contributed by atoms with van der Waals surface area (Å²) >= 11 is 0. The van der Waals surface area contributed by atoms with Crippen LogP contribution >= 0.6 is 0 Å². The summed E-state index contributed by atoms with van der Waals surface area (Å²) in [6.07, 6.45) is 6.41. The van der Waals surface area contributed by atoms with Gasteiger partial charge in [0.2, 0.25) is 5.78 Å². The van der Waals surface area contributed by atoms with Crippen LogP contribution in [0.4, 0.5) is 0 Å². The molecule has 4 aliphatic rings. The monoisotopic (exact) mass is 488 g/mol. The average molecular weight is 489 g/mol. The van der Waals surface area contributed by atoms with Gasteiger partial charge in [-0.25, -0.2) is 0 Å². The summed E-state index contributed by atoms with van der Waals surface area (Å²) in [7, 11) is 0. The molecule has 0 aromatic carbocycles. The van der Waals surface area contributed by atoms with Gasteiger partial charge >= 0.3 is 11.9 Å². The largest absolute Gasteiger partial charge is 0.457 e. The molecule has 0 bridgehead atoms. The molecule has 7 heteroatoms. The number of carbonyl (C=O) groups excluding carboxylic acids is 4. The molecule has 194 valence electrons. The Morgan fingerprint density at radius 2 is 1.83 bits per heavy atom. The van der Waals surface area contributed by atoms with Crippen LogP contribution in [0.1, 0.15) is 91.9 Å². The van der Waals surface area contributed by atoms with Crippen molar-refractivity contribution in [2.45, 2.75) is 104 Å². The first-order valence-corrected chi connectivity index (χ1v) is 13.3. The lowest BCUT2D eigenvalue weighted by Gasteiger charge is -2.60. The van der Waals surface area contributed by atoms with Crippen LogP contribution in [0.3, 0.4) is 0 Å². The minimum absolute atomic E-state index is 0.00356. The van der Waals surface area contributed by atoms with Gasteiger partial charge in [0.25, 0.3) is 0 Å². The molecular formula is C28H40O7. The van der Waals surface area contributed by atoms with E-state index in [1.165, 1.54) is 0 Å². The number of hydrogen-bond donors (Lipinski definition) is 1. The topological polar surface area (TPSA) is 107 Å². The lowest BCUT2D eigenvalue weighted by molar-refractivity contribution is -0.203. The molecule has 4 rings (SSSR count). The standard InChI is InChI=1S/C28H40O7/c1-5-7-24(33)35-28(22(31)16-34-23(32)6-2)13-11-20-19-9-8-17-14-18(29)10-12-26(17,3)25(19)21(30)15-27(20,28)4/h14,19-21,25,30H,5-13,15-16H2,1-4H3/t19-,20+,21-,25-,26-,27-,28?/m0/s1. The minimum Gasteiger partial charge on any atom is -0.457 e. The highest BCUT2D eigenvalue weighted by Crippen LogP contribution is 2.68. The summed E-state index contributed by atoms with van der Waals surface area (Å²) < 4.78 is 11.3. The van der Waals surface area contributed by atoms with Crippen molar-refractivity contribution < 1.29 is 33.8 Å². The van der Waals surface area contributed by atoms with Crippen LogP contribution in [0.15, 0.2) is 11.6 Å². The molecule has 0 saturated heterocycles. The van der Waals surface area contributed by atoms with Crippen molar-refractivity contribution in [3.63, 3.8) is 0 Å². The first kappa shape index (κ1) is 26.1. The second-order valence-corrected chi connectivity index (χ2v) is 11.6. The van der Waals surface area contributed by atoms with Gasteiger partial charge in [-0.05, 0) is 74.2 Å². The number of allylic oxidation sites excluding steroid dienone is 1. The highest BCUT2D eigenvalue weighted by molar-refractivity contribution is 5.93. The van der Waals surface area contributed by atoms with Crippen LogP contribution in [-0.2, 0) is 28.7 Å². The molecule has 7 atom stereocenters. The molecule has 35 heavy (non-hydrogen) atoms. The fraction of sp³-hybridized carbons (Fsp3) is 0.786. The summed E-state index contributed by atoms with van der Waals surface area (Å²) in [4.78, 5) is 50.4. The van der Waals surface area contributed by atoms with Crippen molar-refractivity contribution in [2.75, 3.05) is 6.61 Å². The Balaban J connectivity index is 1.70. The summed E-state index contributed by atoms with van der Waals surface area (Å²) in [6, 6.07) is 0. The second kappa shape index (κ2) is 9.45. The van der Waals surface area contributed by atoms with E-state index in [1.54, 1.807) is 13.0 Å². The molecule has 3 fully saturated rings. The van der Waals surface area contributed by atoms with Crippen molar-refractivity contribution >= 4 is 23.5 Å². The van der Waals surface area contributed by atoms with E-state index in [-0.39, 0.29) is 47.6 Å². The van der Waals surface area contributed by atoms with E-state index < -0.39 is 35.7 Å². The van der Waals surface area contributed by atoms with Crippen LogP contribution in [-0.4, -0.2) is 46.9 Å². The molecule has 0 radical (unpaired) electrons. The molecule has 7 nitrogen and oxygen atoms in total. The van der Waals surface area contributed by atoms with E-state index >= 15 is 0 Å². The molecule has 0 aromatic heterocycles. The molecule has 1 N–H and O–H groups in total. The quantitative estimate of drug-likeness (QED) is 0.538. The smallest absolute Gasteiger partial charge is 0.306 e. The molecule has 4 aliphatic carbocycles. The van der Waals surface area contributed by atoms with E-state index in [0.29, 0.717) is 32.1 Å². The van der Waals surface area contributed by atoms with Gasteiger partial charge in [0.15, 0.2) is 18.0 Å². The van der Waals surface area contributed by atoms with Crippen molar-refractivity contribution in [3.8, 4) is 0 Å². The highest BCUT2D eigenvalue weighted by atomic mass is 16.6. The third-order valence-corrected chi connectivity index (χ3v) is 9.86. The van der Waals surface area contributed by atoms with Crippen LogP contribution in [0.5, 0.6) is 0 Å². The Morgan fingerprint density at radius 3 is 2.51 bits per heavy atom. The fourth-order valence-corrected chi connectivity index (χ4v) is 8.17. The van der Waals surface area contributed by atoms with Gasteiger partial charge in [-0.3, -0.25) is 19.2 Å². The molecule has 0 aromatic rings. The van der Waals surface area contributed by atoms with Gasteiger partial charge in [-0.15, -0.1) is 0 Å². The number of ketones is 2. The molecule has 3 saturated carbocycles. The molecule has 0 aliphatic heterocycles. The zero-order valence-corrected chi connectivity index (χ0v) is 21.6. The number of fused-ring (bicyclic) bond motifs is 5. The Morgan fingerprint density at radius 1 is 1.09 bits per heavy atom. The zero-order valence-electron chi connectivity index (χ0n) is 21.6. The number of rotatable bonds is 7. The normalized spacial score (nSPS) is 40.1. The Bertz CT molecular complexity index is 938. The number of Topliss-reactive ketones (excluding diaryl/α,β-unsaturated/α-hetero) is 1. The molecule has 0 heterocycles. The van der Waals surface area contributed by atoms with Crippen LogP contribution in [0.25, 0.3) is 0 Å². The Hall–Kier alpha value is -2.02. The van der Waals surface area contributed by atoms with E-state index in [9.17, 15) is 24.3 Å². The Labute approximate surface area is 208 Å². The van der Waals surface area contributed by atoms with Crippen molar-refractivity contribution in [1.29, 1.82) is 0 Å². The maximum atomic E-state index is 13.7. The van der Waals surface area contributed by atoms with E-state index in [1.807, 2.05) is 13.8 Å². The number of esters is 2. The van der Waals surface area contributed by atoms with Crippen LogP contribution in [0, 0.1) is 28.6 Å². The van der Waals surface area contributed by atoms with Crippen LogP contribution < -0.4 is 0 Å². The number of ether oxygens (including phenoxy) is 2. The number of aliphatic hydroxyl groups excluding tert-OH is 1. The van der Waals surface area contributed by atoms with E-state index in [2.05, 4.69) is 6.92 Å². The third kappa shape index (κ3) is 4.08. The maximum Gasteiger partial charge on any atom is 0.306 e. The summed E-state index contributed by atoms with van der Waals surface area (Å²) in [5.74, 6) is -0.852. The lowest BCUT2D eigenvalue weighted by atomic mass is 9.45. The summed E-state index contributed by atoms with van der Waals surface area (Å²) in [5.41, 5.74) is -1.25. The van der Waals surface area contributed by atoms with E-state index in [4.69, 9.17) is 9.47 Å². The van der Waals surface area contributed by atoms with E-state index in [0.717, 1.165) is 24.8 Å². The SMILES string of the molecule is CCCC(=O)OC1(C(=O)COC(=O)CC)CC[C@@H]2[C@@H]3CCC4=CC(=O)CC[C@]4(C)[C@@H]3[C@@H](O)C[C@@]21C. The Kier molecular flexibility index (Phi) is 7.04. The lowest BCUT2D eigenvalue weighted by Crippen LogP contribution is -2.63. The van der Waals surface area contributed by atoms with Gasteiger partial charge in [0, 0.05) is 24.7 Å². The molecule has 1 unspecified atom stereocenters. The highest BCUT2D eigenvalue weighted by Gasteiger charge is 2.70. The van der Waals surface area contributed by atoms with Gasteiger partial charge in [-0.2, -0.15) is 0 Å². The molecule has 0 amide bonds. The maximum absolute atomic E-state index is 13.7. The van der Waals surface area contributed by atoms with Gasteiger partial charge in [0.1, 0.15) is 0 Å². The predicted molar refractivity (Wildman–Crippen MR) is 128 cm³/mol. The molecular weight excluding hydrogens is 448 g/mol. The third-order valence-electron chi connectivity index (χ3n) is 9.86. The molecule has 0 spiro atoms. The van der Waals surface area contributed by atoms with Gasteiger partial charge in [-0.1, -0.05) is 33.3 Å². The minimum atomic E-state index is -1.41. The van der Waals surface area contributed by atoms with Crippen LogP contribution in [0.2, 0.25) is 0 Å². The van der Waals surface area contributed by atoms with Crippen molar-refractivity contribution in [2.24, 2.45) is 28.6 Å². The second-order valence-electron chi connectivity index (χ2n) is 11.6. The predicted octanol–water partition coefficient (Wildman–Crippen LogP) is 4.09. The van der Waals surface area contributed by atoms with Gasteiger partial charge in [0.05, 0.1) is 6.10 Å². The van der Waals surface area contributed by atoms with Crippen molar-refractivity contribution in [3.05, 3.63) is 11.6 Å². The number of carbonyl (C=O) groups is 4. The average Bonchev–Trinajstić information content (AvgIpc) is 3.09. The van der Waals surface area contributed by atoms with Gasteiger partial charge < -0.3 is 14.6 Å². The zero-order chi connectivity index (χ0) is 25.6. The van der Waals surface area contributed by atoms with Crippen molar-refractivity contribution in [1.82, 2.24) is 0 Å².